The molecule has 0 fully saturated rings. The van der Waals surface area contributed by atoms with Crippen LogP contribution in [0.3, 0.4) is 0 Å². The summed E-state index contributed by atoms with van der Waals surface area (Å²) in [6.45, 7) is 3.94. The molecule has 2 heterocycles. The van der Waals surface area contributed by atoms with Gasteiger partial charge in [0.15, 0.2) is 0 Å². The van der Waals surface area contributed by atoms with E-state index in [1.54, 1.807) is 6.92 Å². The molecule has 1 aromatic carbocycles. The van der Waals surface area contributed by atoms with Crippen molar-refractivity contribution in [3.05, 3.63) is 29.7 Å². The second kappa shape index (κ2) is 5.23. The maximum Gasteiger partial charge on any atom is 0.396 e. The van der Waals surface area contributed by atoms with Gasteiger partial charge >= 0.3 is 17.9 Å². The van der Waals surface area contributed by atoms with Crippen molar-refractivity contribution >= 4 is 29.0 Å². The number of carbonyl (C=O) groups is 1. The number of fused-ring (bicyclic) bond motifs is 1. The highest BCUT2D eigenvalue weighted by Gasteiger charge is 2.16. The molecule has 8 heteroatoms. The molecule has 0 spiro atoms. The molecule has 0 bridgehead atoms. The molecule has 8 nitrogen and oxygen atoms in total. The molecule has 0 saturated carbocycles. The molecule has 0 atom stereocenters. The molecule has 0 aliphatic rings. The zero-order valence-electron chi connectivity index (χ0n) is 11.5. The fourth-order valence-electron chi connectivity index (χ4n) is 1.83. The van der Waals surface area contributed by atoms with Crippen LogP contribution in [-0.2, 0) is 4.74 Å². The van der Waals surface area contributed by atoms with Gasteiger partial charge < -0.3 is 14.1 Å². The summed E-state index contributed by atoms with van der Waals surface area (Å²) >= 11 is 0. The molecule has 3 aromatic rings. The van der Waals surface area contributed by atoms with Crippen LogP contribution in [0, 0.1) is 6.92 Å². The summed E-state index contributed by atoms with van der Waals surface area (Å²) in [5, 5.41) is 10.1. The Morgan fingerprint density at radius 3 is 3.10 bits per heavy atom. The van der Waals surface area contributed by atoms with Crippen LogP contribution in [0.25, 0.3) is 11.0 Å². The van der Waals surface area contributed by atoms with E-state index in [4.69, 9.17) is 9.15 Å². The zero-order chi connectivity index (χ0) is 14.8. The highest BCUT2D eigenvalue weighted by atomic mass is 16.5. The lowest BCUT2D eigenvalue weighted by Gasteiger charge is -1.95. The van der Waals surface area contributed by atoms with Gasteiger partial charge in [-0.15, -0.1) is 0 Å². The molecular formula is C13H13N5O3. The van der Waals surface area contributed by atoms with E-state index in [2.05, 4.69) is 25.5 Å². The third kappa shape index (κ3) is 2.69. The van der Waals surface area contributed by atoms with E-state index in [0.29, 0.717) is 5.95 Å². The Balaban J connectivity index is 1.80. The Morgan fingerprint density at radius 1 is 1.43 bits per heavy atom. The average Bonchev–Trinajstić information content (AvgIpc) is 3.05. The largest absolute Gasteiger partial charge is 0.459 e. The van der Waals surface area contributed by atoms with E-state index >= 15 is 0 Å². The van der Waals surface area contributed by atoms with Crippen LogP contribution in [0.4, 0.5) is 12.0 Å². The van der Waals surface area contributed by atoms with Crippen molar-refractivity contribution in [1.29, 1.82) is 0 Å². The van der Waals surface area contributed by atoms with E-state index < -0.39 is 5.97 Å². The Kier molecular flexibility index (Phi) is 3.27. The fourth-order valence-corrected chi connectivity index (χ4v) is 1.83. The first-order chi connectivity index (χ1) is 10.2. The number of hydrogen-bond donors (Lipinski definition) is 2. The normalized spacial score (nSPS) is 10.8. The van der Waals surface area contributed by atoms with Crippen LogP contribution < -0.4 is 5.32 Å². The van der Waals surface area contributed by atoms with Crippen molar-refractivity contribution in [2.24, 2.45) is 0 Å². The topological polar surface area (TPSA) is 106 Å². The predicted octanol–water partition coefficient (Wildman–Crippen LogP) is 2.17. The maximum absolute atomic E-state index is 11.4. The number of aryl methyl sites for hydroxylation is 1. The van der Waals surface area contributed by atoms with Gasteiger partial charge in [-0.1, -0.05) is 16.3 Å². The van der Waals surface area contributed by atoms with Crippen molar-refractivity contribution in [3.8, 4) is 0 Å². The molecule has 2 aromatic heterocycles. The molecule has 0 radical (unpaired) electrons. The van der Waals surface area contributed by atoms with E-state index in [-0.39, 0.29) is 18.5 Å². The summed E-state index contributed by atoms with van der Waals surface area (Å²) in [6.07, 6.45) is 0. The standard InChI is InChI=1S/C13H13N5O3/c1-3-20-11(19)10-17-18-13(21-10)16-12-14-8-5-4-7(2)6-9(8)15-12/h4-6H,3H2,1-2H3,(H2,14,15,16,18). The first kappa shape index (κ1) is 13.1. The van der Waals surface area contributed by atoms with Gasteiger partial charge in [-0.05, 0) is 31.5 Å². The fraction of sp³-hybridized carbons (Fsp3) is 0.231. The number of carbonyl (C=O) groups excluding carboxylic acids is 1. The number of nitrogens with one attached hydrogen (secondary N) is 2. The zero-order valence-corrected chi connectivity index (χ0v) is 11.5. The van der Waals surface area contributed by atoms with Crippen molar-refractivity contribution in [2.45, 2.75) is 13.8 Å². The average molecular weight is 287 g/mol. The lowest BCUT2D eigenvalue weighted by atomic mass is 10.2. The Morgan fingerprint density at radius 2 is 2.29 bits per heavy atom. The smallest absolute Gasteiger partial charge is 0.396 e. The highest BCUT2D eigenvalue weighted by Crippen LogP contribution is 2.18. The van der Waals surface area contributed by atoms with Crippen molar-refractivity contribution in [2.75, 3.05) is 11.9 Å². The number of rotatable bonds is 4. The molecule has 0 aliphatic carbocycles. The van der Waals surface area contributed by atoms with E-state index in [9.17, 15) is 4.79 Å². The van der Waals surface area contributed by atoms with Gasteiger partial charge in [-0.3, -0.25) is 5.32 Å². The Labute approximate surface area is 119 Å². The minimum Gasteiger partial charge on any atom is -0.459 e. The van der Waals surface area contributed by atoms with Crippen LogP contribution in [-0.4, -0.2) is 32.7 Å². The van der Waals surface area contributed by atoms with Gasteiger partial charge in [0, 0.05) is 0 Å². The van der Waals surface area contributed by atoms with Gasteiger partial charge in [0.1, 0.15) is 0 Å². The van der Waals surface area contributed by atoms with Gasteiger partial charge in [0.05, 0.1) is 17.6 Å². The number of ether oxygens (including phenoxy) is 1. The first-order valence-corrected chi connectivity index (χ1v) is 6.39. The number of hydrogen-bond acceptors (Lipinski definition) is 7. The molecule has 2 N–H and O–H groups in total. The molecule has 0 aliphatic heterocycles. The van der Waals surface area contributed by atoms with Crippen LogP contribution in [0.1, 0.15) is 23.2 Å². The molecule has 0 saturated heterocycles. The minimum absolute atomic E-state index is 0.0637. The van der Waals surface area contributed by atoms with Crippen LogP contribution >= 0.6 is 0 Å². The summed E-state index contributed by atoms with van der Waals surface area (Å²) in [5.74, 6) is -0.403. The maximum atomic E-state index is 11.4. The number of imidazole rings is 1. The van der Waals surface area contributed by atoms with Crippen molar-refractivity contribution in [3.63, 3.8) is 0 Å². The Bertz CT molecular complexity index is 792. The van der Waals surface area contributed by atoms with E-state index in [0.717, 1.165) is 16.6 Å². The summed E-state index contributed by atoms with van der Waals surface area (Å²) in [7, 11) is 0. The number of aromatic amines is 1. The monoisotopic (exact) mass is 287 g/mol. The third-order valence-electron chi connectivity index (χ3n) is 2.74. The van der Waals surface area contributed by atoms with Crippen molar-refractivity contribution < 1.29 is 13.9 Å². The van der Waals surface area contributed by atoms with Gasteiger partial charge in [0.25, 0.3) is 0 Å². The molecule has 21 heavy (non-hydrogen) atoms. The second-order valence-electron chi connectivity index (χ2n) is 4.36. The van der Waals surface area contributed by atoms with Gasteiger partial charge in [-0.25, -0.2) is 9.78 Å². The SMILES string of the molecule is CCOC(=O)c1nnc(Nc2nc3ccc(C)cc3[nH]2)o1. The summed E-state index contributed by atoms with van der Waals surface area (Å²) in [5.41, 5.74) is 2.83. The van der Waals surface area contributed by atoms with Crippen LogP contribution in [0.15, 0.2) is 22.6 Å². The molecule has 0 amide bonds. The van der Waals surface area contributed by atoms with Crippen LogP contribution in [0.2, 0.25) is 0 Å². The number of anilines is 2. The van der Waals surface area contributed by atoms with Gasteiger partial charge in [-0.2, -0.15) is 0 Å². The number of esters is 1. The number of benzene rings is 1. The van der Waals surface area contributed by atoms with E-state index in [1.165, 1.54) is 0 Å². The number of nitrogens with zero attached hydrogens (tertiary/aromatic N) is 3. The summed E-state index contributed by atoms with van der Waals surface area (Å²) < 4.78 is 9.92. The second-order valence-corrected chi connectivity index (χ2v) is 4.36. The predicted molar refractivity (Wildman–Crippen MR) is 74.4 cm³/mol. The quantitative estimate of drug-likeness (QED) is 0.708. The first-order valence-electron chi connectivity index (χ1n) is 6.39. The van der Waals surface area contributed by atoms with Gasteiger partial charge in [0.2, 0.25) is 5.95 Å². The summed E-state index contributed by atoms with van der Waals surface area (Å²) in [4.78, 5) is 18.8. The molecule has 0 unspecified atom stereocenters. The Hall–Kier alpha value is -2.90. The molecule has 108 valence electrons. The highest BCUT2D eigenvalue weighted by molar-refractivity contribution is 5.84. The number of aromatic nitrogens is 4. The van der Waals surface area contributed by atoms with E-state index in [1.807, 2.05) is 25.1 Å². The van der Waals surface area contributed by atoms with Crippen LogP contribution in [0.5, 0.6) is 0 Å². The summed E-state index contributed by atoms with van der Waals surface area (Å²) in [6, 6.07) is 5.92. The molecule has 3 rings (SSSR count). The third-order valence-corrected chi connectivity index (χ3v) is 2.74. The lowest BCUT2D eigenvalue weighted by molar-refractivity contribution is 0.0481. The van der Waals surface area contributed by atoms with Crippen molar-refractivity contribution in [1.82, 2.24) is 20.2 Å². The number of H-pyrrole nitrogens is 1. The minimum atomic E-state index is -0.654. The molecular weight excluding hydrogens is 274 g/mol. The lowest BCUT2D eigenvalue weighted by Crippen LogP contribution is -2.04.